The van der Waals surface area contributed by atoms with E-state index in [1.165, 1.54) is 5.56 Å². The second kappa shape index (κ2) is 3.80. The number of rotatable bonds is 2. The van der Waals surface area contributed by atoms with Gasteiger partial charge in [0.05, 0.1) is 11.9 Å². The third-order valence-electron chi connectivity index (χ3n) is 2.11. The van der Waals surface area contributed by atoms with E-state index >= 15 is 0 Å². The van der Waals surface area contributed by atoms with Crippen molar-refractivity contribution in [2.45, 2.75) is 6.42 Å². The molecule has 2 rings (SSSR count). The van der Waals surface area contributed by atoms with Crippen molar-refractivity contribution in [3.8, 4) is 0 Å². The quantitative estimate of drug-likeness (QED) is 0.755. The molecule has 0 fully saturated rings. The number of nitrogens with zero attached hydrogens (tertiary/aromatic N) is 3. The smallest absolute Gasteiger partial charge is 0.0728 e. The molecule has 0 N–H and O–H groups in total. The van der Waals surface area contributed by atoms with E-state index in [0.717, 1.165) is 17.1 Å². The van der Waals surface area contributed by atoms with Gasteiger partial charge in [0.1, 0.15) is 0 Å². The van der Waals surface area contributed by atoms with Gasteiger partial charge in [-0.05, 0) is 17.7 Å². The van der Waals surface area contributed by atoms with Gasteiger partial charge in [0.2, 0.25) is 0 Å². The van der Waals surface area contributed by atoms with Gasteiger partial charge in [-0.15, -0.1) is 5.10 Å². The minimum Gasteiger partial charge on any atom is -0.252 e. The first-order chi connectivity index (χ1) is 6.75. The Hall–Kier alpha value is -1.35. The summed E-state index contributed by atoms with van der Waals surface area (Å²) in [5, 5.41) is 8.45. The predicted octanol–water partition coefficient (Wildman–Crippen LogP) is 2.06. The molecule has 0 saturated carbocycles. The number of halogens is 1. The summed E-state index contributed by atoms with van der Waals surface area (Å²) in [6.45, 7) is 0. The van der Waals surface area contributed by atoms with Crippen LogP contribution in [0.15, 0.2) is 30.5 Å². The van der Waals surface area contributed by atoms with Crippen LogP contribution < -0.4 is 0 Å². The summed E-state index contributed by atoms with van der Waals surface area (Å²) in [5.41, 5.74) is 2.30. The molecule has 0 saturated heterocycles. The second-order valence-electron chi connectivity index (χ2n) is 3.15. The largest absolute Gasteiger partial charge is 0.252 e. The monoisotopic (exact) mass is 207 g/mol. The molecule has 0 atom stereocenters. The van der Waals surface area contributed by atoms with Gasteiger partial charge in [-0.25, -0.2) is 0 Å². The van der Waals surface area contributed by atoms with Crippen LogP contribution >= 0.6 is 11.6 Å². The third-order valence-corrected chi connectivity index (χ3v) is 2.36. The maximum Gasteiger partial charge on any atom is 0.0728 e. The molecule has 2 aromatic rings. The summed E-state index contributed by atoms with van der Waals surface area (Å²) in [5.74, 6) is 0. The van der Waals surface area contributed by atoms with Crippen molar-refractivity contribution in [3.05, 3.63) is 46.7 Å². The minimum atomic E-state index is 0.761. The van der Waals surface area contributed by atoms with Crippen molar-refractivity contribution in [1.29, 1.82) is 0 Å². The Bertz CT molecular complexity index is 419. The molecule has 72 valence electrons. The van der Waals surface area contributed by atoms with Crippen LogP contribution in [-0.4, -0.2) is 15.0 Å². The summed E-state index contributed by atoms with van der Waals surface area (Å²) < 4.78 is 1.77. The Morgan fingerprint density at radius 1 is 1.29 bits per heavy atom. The van der Waals surface area contributed by atoms with Crippen molar-refractivity contribution in [3.63, 3.8) is 0 Å². The maximum absolute atomic E-state index is 5.79. The van der Waals surface area contributed by atoms with Crippen LogP contribution in [0.2, 0.25) is 5.02 Å². The van der Waals surface area contributed by atoms with Gasteiger partial charge in [-0.2, -0.15) is 0 Å². The fourth-order valence-corrected chi connectivity index (χ4v) is 1.41. The standard InChI is InChI=1S/C10H10ClN3/c1-14-10(7-12-13-14)6-8-2-4-9(11)5-3-8/h2-5,7H,6H2,1H3. The van der Waals surface area contributed by atoms with Gasteiger partial charge in [-0.3, -0.25) is 4.68 Å². The summed E-state index contributed by atoms with van der Waals surface area (Å²) in [4.78, 5) is 0. The zero-order valence-corrected chi connectivity index (χ0v) is 8.57. The van der Waals surface area contributed by atoms with E-state index in [1.807, 2.05) is 31.3 Å². The lowest BCUT2D eigenvalue weighted by atomic mass is 10.1. The van der Waals surface area contributed by atoms with Crippen molar-refractivity contribution in [2.24, 2.45) is 7.05 Å². The molecule has 0 aliphatic carbocycles. The SMILES string of the molecule is Cn1nncc1Cc1ccc(Cl)cc1. The van der Waals surface area contributed by atoms with Crippen molar-refractivity contribution in [1.82, 2.24) is 15.0 Å². The molecule has 0 radical (unpaired) electrons. The zero-order chi connectivity index (χ0) is 9.97. The molecule has 1 aromatic carbocycles. The van der Waals surface area contributed by atoms with E-state index in [9.17, 15) is 0 Å². The molecule has 0 aliphatic rings. The zero-order valence-electron chi connectivity index (χ0n) is 7.81. The summed E-state index contributed by atoms with van der Waals surface area (Å²) >= 11 is 5.79. The number of hydrogen-bond acceptors (Lipinski definition) is 2. The fourth-order valence-electron chi connectivity index (χ4n) is 1.28. The van der Waals surface area contributed by atoms with Crippen LogP contribution in [0.5, 0.6) is 0 Å². The van der Waals surface area contributed by atoms with Crippen LogP contribution in [0.25, 0.3) is 0 Å². The molecule has 14 heavy (non-hydrogen) atoms. The number of hydrogen-bond donors (Lipinski definition) is 0. The lowest BCUT2D eigenvalue weighted by Crippen LogP contribution is -1.98. The molecule has 0 aliphatic heterocycles. The Morgan fingerprint density at radius 3 is 2.57 bits per heavy atom. The molecular weight excluding hydrogens is 198 g/mol. The molecule has 1 heterocycles. The summed E-state index contributed by atoms with van der Waals surface area (Å²) in [6.07, 6.45) is 2.61. The van der Waals surface area contributed by atoms with Crippen LogP contribution in [0.3, 0.4) is 0 Å². The summed E-state index contributed by atoms with van der Waals surface area (Å²) in [7, 11) is 1.89. The summed E-state index contributed by atoms with van der Waals surface area (Å²) in [6, 6.07) is 7.80. The van der Waals surface area contributed by atoms with Gasteiger partial charge < -0.3 is 0 Å². The Morgan fingerprint density at radius 2 is 2.00 bits per heavy atom. The second-order valence-corrected chi connectivity index (χ2v) is 3.59. The van der Waals surface area contributed by atoms with Gasteiger partial charge >= 0.3 is 0 Å². The van der Waals surface area contributed by atoms with E-state index in [-0.39, 0.29) is 0 Å². The number of aryl methyl sites for hydroxylation is 1. The fraction of sp³-hybridized carbons (Fsp3) is 0.200. The van der Waals surface area contributed by atoms with Gasteiger partial charge in [0.15, 0.2) is 0 Å². The molecule has 1 aromatic heterocycles. The van der Waals surface area contributed by atoms with E-state index in [2.05, 4.69) is 10.3 Å². The molecule has 3 nitrogen and oxygen atoms in total. The Labute approximate surface area is 87.3 Å². The number of benzene rings is 1. The highest BCUT2D eigenvalue weighted by molar-refractivity contribution is 6.30. The molecule has 0 bridgehead atoms. The van der Waals surface area contributed by atoms with E-state index < -0.39 is 0 Å². The topological polar surface area (TPSA) is 30.7 Å². The predicted molar refractivity (Wildman–Crippen MR) is 55.3 cm³/mol. The average molecular weight is 208 g/mol. The van der Waals surface area contributed by atoms with Gasteiger partial charge in [0.25, 0.3) is 0 Å². The highest BCUT2D eigenvalue weighted by atomic mass is 35.5. The lowest BCUT2D eigenvalue weighted by Gasteiger charge is -2.00. The Balaban J connectivity index is 2.19. The van der Waals surface area contributed by atoms with Crippen molar-refractivity contribution in [2.75, 3.05) is 0 Å². The van der Waals surface area contributed by atoms with Gasteiger partial charge in [-0.1, -0.05) is 28.9 Å². The van der Waals surface area contributed by atoms with E-state index in [0.29, 0.717) is 0 Å². The van der Waals surface area contributed by atoms with Gasteiger partial charge in [0, 0.05) is 18.5 Å². The van der Waals surface area contributed by atoms with Crippen LogP contribution in [0.4, 0.5) is 0 Å². The lowest BCUT2D eigenvalue weighted by molar-refractivity contribution is 0.686. The average Bonchev–Trinajstić information content (AvgIpc) is 2.56. The first kappa shape index (κ1) is 9.21. The van der Waals surface area contributed by atoms with Crippen LogP contribution in [0, 0.1) is 0 Å². The Kier molecular flexibility index (Phi) is 2.50. The molecule has 4 heteroatoms. The van der Waals surface area contributed by atoms with Crippen molar-refractivity contribution < 1.29 is 0 Å². The molecule has 0 amide bonds. The first-order valence-corrected chi connectivity index (χ1v) is 4.71. The van der Waals surface area contributed by atoms with Crippen LogP contribution in [-0.2, 0) is 13.5 Å². The molecule has 0 unspecified atom stereocenters. The minimum absolute atomic E-state index is 0.761. The highest BCUT2D eigenvalue weighted by Crippen LogP contribution is 2.12. The van der Waals surface area contributed by atoms with Crippen LogP contribution in [0.1, 0.15) is 11.3 Å². The highest BCUT2D eigenvalue weighted by Gasteiger charge is 2.00. The molecule has 0 spiro atoms. The molecular formula is C10H10ClN3. The normalized spacial score (nSPS) is 10.4. The van der Waals surface area contributed by atoms with Crippen molar-refractivity contribution >= 4 is 11.6 Å². The maximum atomic E-state index is 5.79. The van der Waals surface area contributed by atoms with E-state index in [1.54, 1.807) is 10.9 Å². The first-order valence-electron chi connectivity index (χ1n) is 4.34. The third kappa shape index (κ3) is 1.93. The number of aromatic nitrogens is 3. The van der Waals surface area contributed by atoms with E-state index in [4.69, 9.17) is 11.6 Å².